The van der Waals surface area contributed by atoms with Gasteiger partial charge in [-0.25, -0.2) is 0 Å². The van der Waals surface area contributed by atoms with Gasteiger partial charge in [-0.1, -0.05) is 42.2 Å². The fraction of sp³-hybridized carbons (Fsp3) is 0.130. The van der Waals surface area contributed by atoms with Gasteiger partial charge in [0.05, 0.1) is 29.0 Å². The molecule has 0 spiro atoms. The Kier molecular flexibility index (Phi) is 6.47. The van der Waals surface area contributed by atoms with Crippen molar-refractivity contribution in [3.63, 3.8) is 0 Å². The molecule has 8 nitrogen and oxygen atoms in total. The van der Waals surface area contributed by atoms with Crippen molar-refractivity contribution in [2.75, 3.05) is 13.7 Å². The Bertz CT molecular complexity index is 1250. The topological polar surface area (TPSA) is 93.9 Å². The van der Waals surface area contributed by atoms with Gasteiger partial charge in [0.15, 0.2) is 0 Å². The number of thioether (sulfide) groups is 1. The van der Waals surface area contributed by atoms with E-state index in [2.05, 4.69) is 5.10 Å². The fourth-order valence-corrected chi connectivity index (χ4v) is 4.42. The van der Waals surface area contributed by atoms with Crippen LogP contribution in [0.25, 0.3) is 11.8 Å². The highest BCUT2D eigenvalue weighted by molar-refractivity contribution is 8.26. The summed E-state index contributed by atoms with van der Waals surface area (Å²) in [7, 11) is 1.59. The molecule has 2 aromatic carbocycles. The number of aromatic nitrogens is 2. The maximum atomic E-state index is 12.8. The molecule has 0 radical (unpaired) electrons. The van der Waals surface area contributed by atoms with Gasteiger partial charge in [0.2, 0.25) is 5.88 Å². The van der Waals surface area contributed by atoms with E-state index in [0.717, 1.165) is 22.3 Å². The molecule has 0 atom stereocenters. The number of carboxylic acid groups (broad SMARTS) is 1. The Balaban J connectivity index is 1.78. The first-order chi connectivity index (χ1) is 15.9. The molecule has 1 amide bonds. The SMILES string of the molecule is COc1ccc(Oc2c(/C=C3\SC(=S)N(CC(=O)O)C3=O)c(C)nn2-c2ccccc2)cc1. The number of nitrogens with zero attached hydrogens (tertiary/aromatic N) is 3. The zero-order valence-electron chi connectivity index (χ0n) is 17.7. The molecule has 0 bridgehead atoms. The Labute approximate surface area is 199 Å². The van der Waals surface area contributed by atoms with Gasteiger partial charge < -0.3 is 14.6 Å². The molecule has 168 valence electrons. The molecule has 3 aromatic rings. The second kappa shape index (κ2) is 9.47. The minimum Gasteiger partial charge on any atom is -0.497 e. The number of methoxy groups -OCH3 is 1. The number of carbonyl (C=O) groups is 2. The number of para-hydroxylation sites is 1. The van der Waals surface area contributed by atoms with E-state index in [1.165, 1.54) is 0 Å². The van der Waals surface area contributed by atoms with E-state index < -0.39 is 18.4 Å². The Morgan fingerprint density at radius 1 is 1.15 bits per heavy atom. The van der Waals surface area contributed by atoms with E-state index in [0.29, 0.717) is 33.5 Å². The largest absolute Gasteiger partial charge is 0.497 e. The van der Waals surface area contributed by atoms with E-state index in [4.69, 9.17) is 26.8 Å². The Morgan fingerprint density at radius 3 is 2.45 bits per heavy atom. The molecule has 10 heteroatoms. The van der Waals surface area contributed by atoms with Gasteiger partial charge in [-0.15, -0.1) is 0 Å². The molecule has 2 heterocycles. The smallest absolute Gasteiger partial charge is 0.323 e. The molecular formula is C23H19N3O5S2. The van der Waals surface area contributed by atoms with Crippen LogP contribution in [0.3, 0.4) is 0 Å². The summed E-state index contributed by atoms with van der Waals surface area (Å²) in [5.41, 5.74) is 2.00. The summed E-state index contributed by atoms with van der Waals surface area (Å²) in [4.78, 5) is 25.3. The van der Waals surface area contributed by atoms with Crippen LogP contribution in [0.4, 0.5) is 0 Å². The Morgan fingerprint density at radius 2 is 1.82 bits per heavy atom. The second-order valence-electron chi connectivity index (χ2n) is 6.99. The maximum absolute atomic E-state index is 12.8. The molecule has 0 saturated carbocycles. The third-order valence-electron chi connectivity index (χ3n) is 4.78. The molecule has 4 rings (SSSR count). The van der Waals surface area contributed by atoms with Gasteiger partial charge in [-0.05, 0) is 49.4 Å². The van der Waals surface area contributed by atoms with E-state index in [-0.39, 0.29) is 4.32 Å². The van der Waals surface area contributed by atoms with Crippen LogP contribution in [-0.4, -0.2) is 49.6 Å². The highest BCUT2D eigenvalue weighted by atomic mass is 32.2. The van der Waals surface area contributed by atoms with E-state index in [1.807, 2.05) is 37.3 Å². The Hall–Kier alpha value is -3.63. The first-order valence-electron chi connectivity index (χ1n) is 9.81. The van der Waals surface area contributed by atoms with Crippen LogP contribution in [0.15, 0.2) is 59.5 Å². The molecule has 1 aromatic heterocycles. The number of aliphatic carboxylic acids is 1. The molecule has 33 heavy (non-hydrogen) atoms. The first-order valence-corrected chi connectivity index (χ1v) is 11.0. The quantitative estimate of drug-likeness (QED) is 0.395. The van der Waals surface area contributed by atoms with E-state index in [1.54, 1.807) is 42.1 Å². The number of benzene rings is 2. The van der Waals surface area contributed by atoms with Crippen molar-refractivity contribution in [3.8, 4) is 23.1 Å². The lowest BCUT2D eigenvalue weighted by atomic mass is 10.2. The third kappa shape index (κ3) is 4.76. The number of rotatable bonds is 7. The number of hydrogen-bond donors (Lipinski definition) is 1. The summed E-state index contributed by atoms with van der Waals surface area (Å²) in [6, 6.07) is 16.6. The monoisotopic (exact) mass is 481 g/mol. The molecule has 1 aliphatic rings. The summed E-state index contributed by atoms with van der Waals surface area (Å²) in [5, 5.41) is 13.7. The number of amides is 1. The summed E-state index contributed by atoms with van der Waals surface area (Å²) >= 11 is 6.25. The number of ether oxygens (including phenoxy) is 2. The van der Waals surface area contributed by atoms with E-state index >= 15 is 0 Å². The van der Waals surface area contributed by atoms with Gasteiger partial charge >= 0.3 is 5.97 Å². The highest BCUT2D eigenvalue weighted by Crippen LogP contribution is 2.37. The minimum absolute atomic E-state index is 0.194. The van der Waals surface area contributed by atoms with Crippen LogP contribution in [-0.2, 0) is 9.59 Å². The van der Waals surface area contributed by atoms with Crippen molar-refractivity contribution in [2.45, 2.75) is 6.92 Å². The third-order valence-corrected chi connectivity index (χ3v) is 6.16. The number of carbonyl (C=O) groups excluding carboxylic acids is 1. The average molecular weight is 482 g/mol. The zero-order chi connectivity index (χ0) is 23.5. The average Bonchev–Trinajstić information content (AvgIpc) is 3.25. The van der Waals surface area contributed by atoms with Gasteiger partial charge in [-0.2, -0.15) is 9.78 Å². The lowest BCUT2D eigenvalue weighted by Crippen LogP contribution is -2.33. The number of thiocarbonyl (C=S) groups is 1. The van der Waals surface area contributed by atoms with E-state index in [9.17, 15) is 9.59 Å². The van der Waals surface area contributed by atoms with Crippen molar-refractivity contribution in [3.05, 3.63) is 70.8 Å². The molecule has 1 N–H and O–H groups in total. The van der Waals surface area contributed by atoms with Gasteiger partial charge in [0, 0.05) is 0 Å². The summed E-state index contributed by atoms with van der Waals surface area (Å²) in [6.45, 7) is 1.32. The van der Waals surface area contributed by atoms with Gasteiger partial charge in [0.25, 0.3) is 5.91 Å². The first kappa shape index (κ1) is 22.6. The van der Waals surface area contributed by atoms with Crippen molar-refractivity contribution in [1.29, 1.82) is 0 Å². The summed E-state index contributed by atoms with van der Waals surface area (Å²) < 4.78 is 13.3. The van der Waals surface area contributed by atoms with Crippen molar-refractivity contribution in [1.82, 2.24) is 14.7 Å². The maximum Gasteiger partial charge on any atom is 0.323 e. The number of aryl methyl sites for hydroxylation is 1. The zero-order valence-corrected chi connectivity index (χ0v) is 19.4. The highest BCUT2D eigenvalue weighted by Gasteiger charge is 2.34. The molecule has 1 saturated heterocycles. The van der Waals surface area contributed by atoms with Crippen molar-refractivity contribution >= 4 is 46.3 Å². The normalized spacial score (nSPS) is 14.7. The van der Waals surface area contributed by atoms with Crippen LogP contribution in [0.2, 0.25) is 0 Å². The fourth-order valence-electron chi connectivity index (χ4n) is 3.18. The van der Waals surface area contributed by atoms with Gasteiger partial charge in [-0.3, -0.25) is 14.5 Å². The minimum atomic E-state index is -1.14. The molecular weight excluding hydrogens is 462 g/mol. The van der Waals surface area contributed by atoms with Crippen LogP contribution in [0.1, 0.15) is 11.3 Å². The predicted octanol–water partition coefficient (Wildman–Crippen LogP) is 4.27. The standard InChI is InChI=1S/C23H19N3O5S2/c1-14-18(12-19-21(29)25(13-20(27)28)23(32)33-19)22(26(24-14)15-6-4-3-5-7-15)31-17-10-8-16(30-2)9-11-17/h3-12H,13H2,1-2H3,(H,27,28)/b19-12-. The molecule has 0 aliphatic carbocycles. The van der Waals surface area contributed by atoms with Crippen molar-refractivity contribution in [2.24, 2.45) is 0 Å². The number of carboxylic acids is 1. The van der Waals surface area contributed by atoms with Crippen LogP contribution < -0.4 is 9.47 Å². The van der Waals surface area contributed by atoms with Crippen LogP contribution >= 0.6 is 24.0 Å². The second-order valence-corrected chi connectivity index (χ2v) is 8.67. The van der Waals surface area contributed by atoms with Gasteiger partial charge in [0.1, 0.15) is 22.4 Å². The molecule has 0 unspecified atom stereocenters. The predicted molar refractivity (Wildman–Crippen MR) is 129 cm³/mol. The lowest BCUT2D eigenvalue weighted by molar-refractivity contribution is -0.140. The summed E-state index contributed by atoms with van der Waals surface area (Å²) in [6.07, 6.45) is 1.64. The summed E-state index contributed by atoms with van der Waals surface area (Å²) in [5.74, 6) is 0.0598. The van der Waals surface area contributed by atoms with Crippen molar-refractivity contribution < 1.29 is 24.2 Å². The molecule has 1 fully saturated rings. The van der Waals surface area contributed by atoms with Crippen LogP contribution in [0, 0.1) is 6.92 Å². The lowest BCUT2D eigenvalue weighted by Gasteiger charge is -2.11. The van der Waals surface area contributed by atoms with Crippen LogP contribution in [0.5, 0.6) is 17.4 Å². The number of hydrogen-bond acceptors (Lipinski definition) is 7. The molecule has 1 aliphatic heterocycles.